The molecule has 0 spiro atoms. The van der Waals surface area contributed by atoms with Crippen LogP contribution in [0.3, 0.4) is 0 Å². The Labute approximate surface area is 168 Å². The van der Waals surface area contributed by atoms with Crippen molar-refractivity contribution in [1.82, 2.24) is 0 Å². The average Bonchev–Trinajstić information content (AvgIpc) is 2.81. The van der Waals surface area contributed by atoms with Gasteiger partial charge >= 0.3 is 7.12 Å². The average molecular weight is 386 g/mol. The fraction of sp³-hybridized carbons (Fsp3) is 0.652. The van der Waals surface area contributed by atoms with Gasteiger partial charge in [-0.2, -0.15) is 0 Å². The predicted molar refractivity (Wildman–Crippen MR) is 121 cm³/mol. The second-order valence-electron chi connectivity index (χ2n) is 9.53. The Hall–Kier alpha value is -0.838. The summed E-state index contributed by atoms with van der Waals surface area (Å²) in [7, 11) is -1.61. The summed E-state index contributed by atoms with van der Waals surface area (Å²) < 4.78 is 12.3. The smallest absolute Gasteiger partial charge is 0.403 e. The van der Waals surface area contributed by atoms with Gasteiger partial charge in [-0.3, -0.25) is 0 Å². The lowest BCUT2D eigenvalue weighted by Crippen LogP contribution is -2.45. The first-order valence-electron chi connectivity index (χ1n) is 10.7. The summed E-state index contributed by atoms with van der Waals surface area (Å²) in [6.07, 6.45) is 10.7. The highest BCUT2D eigenvalue weighted by Gasteiger charge is 2.50. The van der Waals surface area contributed by atoms with Crippen LogP contribution in [-0.2, 0) is 9.31 Å². The molecule has 1 atom stereocenters. The van der Waals surface area contributed by atoms with Crippen LogP contribution in [0.25, 0.3) is 0 Å². The molecule has 1 unspecified atom stereocenters. The van der Waals surface area contributed by atoms with Gasteiger partial charge in [-0.25, -0.2) is 0 Å². The van der Waals surface area contributed by atoms with Gasteiger partial charge in [-0.1, -0.05) is 80.5 Å². The van der Waals surface area contributed by atoms with E-state index in [9.17, 15) is 0 Å². The highest BCUT2D eigenvalue weighted by atomic mass is 28.3. The molecule has 2 rings (SSSR count). The van der Waals surface area contributed by atoms with E-state index < -0.39 is 8.07 Å². The molecule has 150 valence electrons. The van der Waals surface area contributed by atoms with Crippen molar-refractivity contribution >= 4 is 20.4 Å². The molecule has 0 saturated carbocycles. The first kappa shape index (κ1) is 22.5. The van der Waals surface area contributed by atoms with Gasteiger partial charge in [0.15, 0.2) is 0 Å². The van der Waals surface area contributed by atoms with Gasteiger partial charge in [0.25, 0.3) is 0 Å². The van der Waals surface area contributed by atoms with E-state index in [1.807, 2.05) is 0 Å². The molecular formula is C23H39BO2Si. The number of hydrogen-bond donors (Lipinski definition) is 0. The molecule has 0 N–H and O–H groups in total. The van der Waals surface area contributed by atoms with E-state index >= 15 is 0 Å². The summed E-state index contributed by atoms with van der Waals surface area (Å²) in [6.45, 7) is 15.8. The standard InChI is InChI=1S/C23H39BO2Si/c1-8-9-15-20(27(6,7)21-16-11-10-12-17-21)18-13-14-19-24-25-22(2,3)23(4,5)26-24/h10-13,16-18,20H,8-9,14-15,19H2,1-7H3/b18-13+. The second kappa shape index (κ2) is 9.11. The van der Waals surface area contributed by atoms with Crippen molar-refractivity contribution < 1.29 is 9.31 Å². The number of unbranched alkanes of at least 4 members (excludes halogenated alkanes) is 1. The van der Waals surface area contributed by atoms with E-state index in [0.29, 0.717) is 5.54 Å². The van der Waals surface area contributed by atoms with Crippen molar-refractivity contribution in [3.63, 3.8) is 0 Å². The van der Waals surface area contributed by atoms with Crippen molar-refractivity contribution in [2.75, 3.05) is 0 Å². The van der Waals surface area contributed by atoms with Crippen molar-refractivity contribution in [1.29, 1.82) is 0 Å². The molecule has 27 heavy (non-hydrogen) atoms. The quantitative estimate of drug-likeness (QED) is 0.371. The Morgan fingerprint density at radius 1 is 1.04 bits per heavy atom. The van der Waals surface area contributed by atoms with Crippen molar-refractivity contribution in [3.8, 4) is 0 Å². The van der Waals surface area contributed by atoms with Crippen LogP contribution >= 0.6 is 0 Å². The minimum absolute atomic E-state index is 0.0897. The van der Waals surface area contributed by atoms with Crippen LogP contribution in [0, 0.1) is 0 Å². The Kier molecular flexibility index (Phi) is 7.57. The Balaban J connectivity index is 1.98. The highest BCUT2D eigenvalue weighted by Crippen LogP contribution is 2.38. The predicted octanol–water partition coefficient (Wildman–Crippen LogP) is 6.20. The Morgan fingerprint density at radius 3 is 2.19 bits per heavy atom. The minimum atomic E-state index is -1.52. The molecule has 0 radical (unpaired) electrons. The largest absolute Gasteiger partial charge is 0.458 e. The Bertz CT molecular complexity index is 594. The zero-order valence-corrected chi connectivity index (χ0v) is 19.5. The van der Waals surface area contributed by atoms with Crippen LogP contribution in [0.4, 0.5) is 0 Å². The summed E-state index contributed by atoms with van der Waals surface area (Å²) in [4.78, 5) is 0. The zero-order chi connectivity index (χ0) is 20.1. The van der Waals surface area contributed by atoms with Crippen molar-refractivity contribution in [2.45, 2.75) is 96.5 Å². The molecule has 1 aromatic carbocycles. The lowest BCUT2D eigenvalue weighted by atomic mass is 9.83. The van der Waals surface area contributed by atoms with Crippen LogP contribution in [0.2, 0.25) is 25.0 Å². The van der Waals surface area contributed by atoms with E-state index in [1.165, 1.54) is 19.3 Å². The maximum absolute atomic E-state index is 6.13. The highest BCUT2D eigenvalue weighted by molar-refractivity contribution is 6.91. The maximum atomic E-state index is 6.13. The molecule has 0 aromatic heterocycles. The van der Waals surface area contributed by atoms with Gasteiger partial charge in [0.2, 0.25) is 0 Å². The van der Waals surface area contributed by atoms with Crippen LogP contribution in [-0.4, -0.2) is 26.4 Å². The number of rotatable bonds is 9. The van der Waals surface area contributed by atoms with E-state index in [4.69, 9.17) is 9.31 Å². The van der Waals surface area contributed by atoms with Crippen LogP contribution in [0.1, 0.15) is 60.3 Å². The molecule has 1 heterocycles. The molecule has 1 aliphatic rings. The third-order valence-corrected chi connectivity index (χ3v) is 10.7. The summed E-state index contributed by atoms with van der Waals surface area (Å²) in [5.74, 6) is 0. The summed E-state index contributed by atoms with van der Waals surface area (Å²) in [5.41, 5.74) is 0.221. The van der Waals surface area contributed by atoms with E-state index in [1.54, 1.807) is 5.19 Å². The van der Waals surface area contributed by atoms with Crippen molar-refractivity contribution in [2.24, 2.45) is 0 Å². The van der Waals surface area contributed by atoms with Crippen LogP contribution in [0.15, 0.2) is 42.5 Å². The number of benzene rings is 1. The van der Waals surface area contributed by atoms with Gasteiger partial charge in [0.1, 0.15) is 0 Å². The maximum Gasteiger partial charge on any atom is 0.458 e. The number of allylic oxidation sites excluding steroid dienone is 2. The van der Waals surface area contributed by atoms with E-state index in [2.05, 4.69) is 90.2 Å². The normalized spacial score (nSPS) is 20.3. The third kappa shape index (κ3) is 5.59. The molecule has 1 aliphatic heterocycles. The molecule has 4 heteroatoms. The Morgan fingerprint density at radius 2 is 1.63 bits per heavy atom. The molecule has 2 nitrogen and oxygen atoms in total. The molecular weight excluding hydrogens is 347 g/mol. The lowest BCUT2D eigenvalue weighted by Gasteiger charge is -2.32. The fourth-order valence-corrected chi connectivity index (χ4v) is 6.80. The first-order valence-corrected chi connectivity index (χ1v) is 13.8. The lowest BCUT2D eigenvalue weighted by molar-refractivity contribution is 0.00578. The monoisotopic (exact) mass is 386 g/mol. The van der Waals surface area contributed by atoms with Crippen molar-refractivity contribution in [3.05, 3.63) is 42.5 Å². The minimum Gasteiger partial charge on any atom is -0.403 e. The fourth-order valence-electron chi connectivity index (χ4n) is 3.78. The van der Waals surface area contributed by atoms with Gasteiger partial charge < -0.3 is 9.31 Å². The van der Waals surface area contributed by atoms with Gasteiger partial charge in [-0.15, -0.1) is 0 Å². The first-order chi connectivity index (χ1) is 12.6. The summed E-state index contributed by atoms with van der Waals surface area (Å²) in [6, 6.07) is 11.1. The summed E-state index contributed by atoms with van der Waals surface area (Å²) in [5, 5.41) is 1.56. The molecule has 0 bridgehead atoms. The zero-order valence-electron chi connectivity index (χ0n) is 18.5. The number of hydrogen-bond acceptors (Lipinski definition) is 2. The molecule has 1 fully saturated rings. The molecule has 1 saturated heterocycles. The topological polar surface area (TPSA) is 18.5 Å². The van der Waals surface area contributed by atoms with E-state index in [-0.39, 0.29) is 18.3 Å². The van der Waals surface area contributed by atoms with Crippen LogP contribution < -0.4 is 5.19 Å². The van der Waals surface area contributed by atoms with Gasteiger partial charge in [-0.05, 0) is 52.4 Å². The van der Waals surface area contributed by atoms with Gasteiger partial charge in [0, 0.05) is 0 Å². The molecule has 1 aromatic rings. The third-order valence-electron chi connectivity index (χ3n) is 6.55. The molecule has 0 amide bonds. The van der Waals surface area contributed by atoms with Gasteiger partial charge in [0.05, 0.1) is 19.3 Å². The second-order valence-corrected chi connectivity index (χ2v) is 14.3. The SMILES string of the molecule is CCCCC(/C=C/CCB1OC(C)(C)C(C)(C)O1)[Si](C)(C)c1ccccc1. The van der Waals surface area contributed by atoms with E-state index in [0.717, 1.165) is 12.7 Å². The molecule has 0 aliphatic carbocycles. The van der Waals surface area contributed by atoms with Crippen LogP contribution in [0.5, 0.6) is 0 Å². The summed E-state index contributed by atoms with van der Waals surface area (Å²) >= 11 is 0.